The predicted octanol–water partition coefficient (Wildman–Crippen LogP) is 1.16. The van der Waals surface area contributed by atoms with Gasteiger partial charge in [-0.05, 0) is 25.2 Å². The van der Waals surface area contributed by atoms with E-state index in [2.05, 4.69) is 12.2 Å². The minimum absolute atomic E-state index is 0.0599. The zero-order valence-electron chi connectivity index (χ0n) is 8.45. The Kier molecular flexibility index (Phi) is 3.92. The third kappa shape index (κ3) is 4.25. The molecule has 0 bridgehead atoms. The largest absolute Gasteiger partial charge is 0.481 e. The number of carboxylic acid groups (broad SMARTS) is 1. The number of unbranched alkanes of at least 4 members (excludes halogenated alkanes) is 1. The van der Waals surface area contributed by atoms with Crippen LogP contribution >= 0.6 is 0 Å². The van der Waals surface area contributed by atoms with Crippen molar-refractivity contribution < 1.29 is 14.7 Å². The normalized spacial score (nSPS) is 24.4. The number of amides is 1. The first-order valence-corrected chi connectivity index (χ1v) is 5.10. The summed E-state index contributed by atoms with van der Waals surface area (Å²) >= 11 is 0. The maximum Gasteiger partial charge on any atom is 0.303 e. The standard InChI is InChI=1S/C10H17NO3/c1-7-6-8(7)11-9(12)4-2-3-5-10(13)14/h7-8H,2-6H2,1H3,(H,11,12)(H,13,14). The van der Waals surface area contributed by atoms with E-state index in [9.17, 15) is 9.59 Å². The molecule has 2 N–H and O–H groups in total. The van der Waals surface area contributed by atoms with Gasteiger partial charge in [-0.15, -0.1) is 0 Å². The highest BCUT2D eigenvalue weighted by atomic mass is 16.4. The van der Waals surface area contributed by atoms with Crippen LogP contribution in [0.15, 0.2) is 0 Å². The maximum absolute atomic E-state index is 11.2. The monoisotopic (exact) mass is 199 g/mol. The number of rotatable bonds is 6. The van der Waals surface area contributed by atoms with E-state index in [0.717, 1.165) is 6.42 Å². The van der Waals surface area contributed by atoms with Gasteiger partial charge in [-0.1, -0.05) is 6.92 Å². The SMILES string of the molecule is CC1CC1NC(=O)CCCCC(=O)O. The van der Waals surface area contributed by atoms with Gasteiger partial charge in [-0.3, -0.25) is 9.59 Å². The summed E-state index contributed by atoms with van der Waals surface area (Å²) < 4.78 is 0. The quantitative estimate of drug-likeness (QED) is 0.631. The molecule has 0 heterocycles. The molecule has 0 aromatic heterocycles. The summed E-state index contributed by atoms with van der Waals surface area (Å²) in [6.07, 6.45) is 2.95. The Hall–Kier alpha value is -1.06. The van der Waals surface area contributed by atoms with Gasteiger partial charge in [-0.2, -0.15) is 0 Å². The van der Waals surface area contributed by atoms with Gasteiger partial charge in [-0.25, -0.2) is 0 Å². The highest BCUT2D eigenvalue weighted by molar-refractivity contribution is 5.76. The van der Waals surface area contributed by atoms with Crippen LogP contribution in [0.3, 0.4) is 0 Å². The molecule has 1 fully saturated rings. The van der Waals surface area contributed by atoms with Crippen LogP contribution in [0.4, 0.5) is 0 Å². The number of carbonyl (C=O) groups is 2. The molecule has 1 rings (SSSR count). The van der Waals surface area contributed by atoms with E-state index >= 15 is 0 Å². The summed E-state index contributed by atoms with van der Waals surface area (Å²) in [6, 6.07) is 0.377. The van der Waals surface area contributed by atoms with Crippen LogP contribution in [0.2, 0.25) is 0 Å². The van der Waals surface area contributed by atoms with Crippen molar-refractivity contribution in [2.45, 2.75) is 45.1 Å². The van der Waals surface area contributed by atoms with Gasteiger partial charge in [0.05, 0.1) is 0 Å². The molecule has 0 aromatic rings. The lowest BCUT2D eigenvalue weighted by Gasteiger charge is -2.02. The molecule has 2 unspecified atom stereocenters. The first kappa shape index (κ1) is 11.0. The molecular formula is C10H17NO3. The molecule has 0 radical (unpaired) electrons. The van der Waals surface area contributed by atoms with E-state index in [1.165, 1.54) is 0 Å². The van der Waals surface area contributed by atoms with Crippen molar-refractivity contribution in [1.29, 1.82) is 0 Å². The summed E-state index contributed by atoms with van der Waals surface area (Å²) in [4.78, 5) is 21.4. The van der Waals surface area contributed by atoms with Crippen molar-refractivity contribution in [3.63, 3.8) is 0 Å². The fourth-order valence-electron chi connectivity index (χ4n) is 1.36. The zero-order valence-corrected chi connectivity index (χ0v) is 8.45. The van der Waals surface area contributed by atoms with Crippen LogP contribution in [-0.4, -0.2) is 23.0 Å². The highest BCUT2D eigenvalue weighted by Crippen LogP contribution is 2.28. The minimum atomic E-state index is -0.791. The molecule has 0 spiro atoms. The van der Waals surface area contributed by atoms with Gasteiger partial charge in [0.2, 0.25) is 5.91 Å². The summed E-state index contributed by atoms with van der Waals surface area (Å²) in [5.41, 5.74) is 0. The first-order valence-electron chi connectivity index (χ1n) is 5.10. The molecule has 1 aliphatic rings. The van der Waals surface area contributed by atoms with Gasteiger partial charge < -0.3 is 10.4 Å². The Balaban J connectivity index is 1.95. The molecule has 80 valence electrons. The summed E-state index contributed by atoms with van der Waals surface area (Å²) in [7, 11) is 0. The van der Waals surface area contributed by atoms with Gasteiger partial charge in [0.1, 0.15) is 0 Å². The molecule has 14 heavy (non-hydrogen) atoms. The van der Waals surface area contributed by atoms with E-state index in [0.29, 0.717) is 31.2 Å². The molecule has 1 amide bonds. The lowest BCUT2D eigenvalue weighted by Crippen LogP contribution is -2.26. The van der Waals surface area contributed by atoms with Crippen LogP contribution in [0.1, 0.15) is 39.0 Å². The topological polar surface area (TPSA) is 66.4 Å². The second-order valence-electron chi connectivity index (χ2n) is 3.99. The smallest absolute Gasteiger partial charge is 0.303 e. The average molecular weight is 199 g/mol. The number of hydrogen-bond acceptors (Lipinski definition) is 2. The molecule has 0 aromatic carbocycles. The van der Waals surface area contributed by atoms with Gasteiger partial charge in [0.15, 0.2) is 0 Å². The third-order valence-corrected chi connectivity index (χ3v) is 2.50. The van der Waals surface area contributed by atoms with Crippen molar-refractivity contribution in [2.24, 2.45) is 5.92 Å². The van der Waals surface area contributed by atoms with Crippen molar-refractivity contribution in [1.82, 2.24) is 5.32 Å². The van der Waals surface area contributed by atoms with Crippen molar-refractivity contribution >= 4 is 11.9 Å². The second kappa shape index (κ2) is 4.98. The van der Waals surface area contributed by atoms with E-state index in [1.54, 1.807) is 0 Å². The zero-order chi connectivity index (χ0) is 10.6. The van der Waals surface area contributed by atoms with Crippen LogP contribution in [0, 0.1) is 5.92 Å². The average Bonchev–Trinajstić information content (AvgIpc) is 2.75. The molecule has 1 saturated carbocycles. The first-order chi connectivity index (χ1) is 6.59. The second-order valence-corrected chi connectivity index (χ2v) is 3.99. The summed E-state index contributed by atoms with van der Waals surface area (Å²) in [5, 5.41) is 11.3. The van der Waals surface area contributed by atoms with E-state index in [1.807, 2.05) is 0 Å². The molecule has 4 heteroatoms. The lowest BCUT2D eigenvalue weighted by molar-refractivity contribution is -0.137. The molecule has 2 atom stereocenters. The highest BCUT2D eigenvalue weighted by Gasteiger charge is 2.33. The third-order valence-electron chi connectivity index (χ3n) is 2.50. The molecule has 0 saturated heterocycles. The fourth-order valence-corrected chi connectivity index (χ4v) is 1.36. The fraction of sp³-hybridized carbons (Fsp3) is 0.800. The van der Waals surface area contributed by atoms with E-state index < -0.39 is 5.97 Å². The Bertz CT molecular complexity index is 227. The Morgan fingerprint density at radius 1 is 1.36 bits per heavy atom. The van der Waals surface area contributed by atoms with Gasteiger partial charge in [0.25, 0.3) is 0 Å². The van der Waals surface area contributed by atoms with Crippen molar-refractivity contribution in [3.8, 4) is 0 Å². The number of carbonyl (C=O) groups excluding carboxylic acids is 1. The van der Waals surface area contributed by atoms with E-state index in [4.69, 9.17) is 5.11 Å². The van der Waals surface area contributed by atoms with Gasteiger partial charge in [0, 0.05) is 18.9 Å². The van der Waals surface area contributed by atoms with E-state index in [-0.39, 0.29) is 12.3 Å². The number of aliphatic carboxylic acids is 1. The van der Waals surface area contributed by atoms with Crippen LogP contribution in [0.5, 0.6) is 0 Å². The van der Waals surface area contributed by atoms with Crippen LogP contribution in [-0.2, 0) is 9.59 Å². The van der Waals surface area contributed by atoms with Crippen LogP contribution < -0.4 is 5.32 Å². The number of carboxylic acids is 1. The van der Waals surface area contributed by atoms with Gasteiger partial charge >= 0.3 is 5.97 Å². The lowest BCUT2D eigenvalue weighted by atomic mass is 10.2. The number of hydrogen-bond donors (Lipinski definition) is 2. The summed E-state index contributed by atoms with van der Waals surface area (Å²) in [6.45, 7) is 2.11. The Morgan fingerprint density at radius 3 is 2.43 bits per heavy atom. The minimum Gasteiger partial charge on any atom is -0.481 e. The van der Waals surface area contributed by atoms with Crippen molar-refractivity contribution in [3.05, 3.63) is 0 Å². The molecule has 0 aliphatic heterocycles. The molecule has 1 aliphatic carbocycles. The van der Waals surface area contributed by atoms with Crippen LogP contribution in [0.25, 0.3) is 0 Å². The number of nitrogens with one attached hydrogen (secondary N) is 1. The molecule has 4 nitrogen and oxygen atoms in total. The Morgan fingerprint density at radius 2 is 1.93 bits per heavy atom. The summed E-state index contributed by atoms with van der Waals surface area (Å²) in [5.74, 6) is -0.107. The molecular weight excluding hydrogens is 182 g/mol. The Labute approximate surface area is 83.7 Å². The maximum atomic E-state index is 11.2. The van der Waals surface area contributed by atoms with Crippen molar-refractivity contribution in [2.75, 3.05) is 0 Å². The predicted molar refractivity (Wildman–Crippen MR) is 51.8 cm³/mol.